The molecule has 0 atom stereocenters. The lowest BCUT2D eigenvalue weighted by atomic mass is 10.1. The van der Waals surface area contributed by atoms with Crippen LogP contribution in [0, 0.1) is 23.0 Å². The van der Waals surface area contributed by atoms with Crippen LogP contribution in [0.15, 0.2) is 70.3 Å². The Morgan fingerprint density at radius 1 is 1.31 bits per heavy atom. The molecule has 11 heteroatoms. The van der Waals surface area contributed by atoms with Crippen molar-refractivity contribution in [2.24, 2.45) is 10.9 Å². The maximum absolute atomic E-state index is 13.5. The van der Waals surface area contributed by atoms with E-state index in [2.05, 4.69) is 11.6 Å². The summed E-state index contributed by atoms with van der Waals surface area (Å²) in [6, 6.07) is 4.90. The fourth-order valence-electron chi connectivity index (χ4n) is 4.10. The predicted octanol–water partition coefficient (Wildman–Crippen LogP) is 3.90. The molecule has 0 N–H and O–H groups in total. The van der Waals surface area contributed by atoms with Gasteiger partial charge < -0.3 is 9.30 Å². The summed E-state index contributed by atoms with van der Waals surface area (Å²) in [5.41, 5.74) is 0.884. The first kappa shape index (κ1) is 28.9. The van der Waals surface area contributed by atoms with Crippen LogP contribution in [0.2, 0.25) is 0 Å². The van der Waals surface area contributed by atoms with Gasteiger partial charge in [0.15, 0.2) is 5.49 Å². The fraction of sp³-hybridized carbons (Fsp3) is 0.321. The second kappa shape index (κ2) is 12.2. The molecule has 0 radical (unpaired) electrons. The van der Waals surface area contributed by atoms with E-state index < -0.39 is 16.8 Å². The van der Waals surface area contributed by atoms with E-state index in [1.54, 1.807) is 23.8 Å². The van der Waals surface area contributed by atoms with Crippen molar-refractivity contribution >= 4 is 28.6 Å². The van der Waals surface area contributed by atoms with Crippen LogP contribution >= 0.6 is 0 Å². The maximum Gasteiger partial charge on any atom is 0.341 e. The number of allylic oxidation sites excluding steroid dienone is 3. The number of carbonyl (C=O) groups is 2. The van der Waals surface area contributed by atoms with Gasteiger partial charge in [-0.3, -0.25) is 24.1 Å². The summed E-state index contributed by atoms with van der Waals surface area (Å²) in [5.74, 6) is -1.46. The summed E-state index contributed by atoms with van der Waals surface area (Å²) in [6.45, 7) is 12.6. The summed E-state index contributed by atoms with van der Waals surface area (Å²) >= 11 is 0. The highest BCUT2D eigenvalue weighted by Crippen LogP contribution is 2.16. The third-order valence-corrected chi connectivity index (χ3v) is 5.82. The standard InChI is InChI=1S/C28H31N5O6/c1-7-9-12-22(33(37)38)19(6)14-23(34)29-26-21(28(36)39-8-2)15-20-25(32(26)16-17(3)4)30-24-18(5)11-10-13-31(24)27(20)35/h7,9-13,15,17H,1,8,14,16H2,2-6H3/b12-9-,22-19+,29-26?. The minimum absolute atomic E-state index is 0.0172. The number of fused-ring (bicyclic) bond motifs is 2. The zero-order valence-electron chi connectivity index (χ0n) is 22.6. The Morgan fingerprint density at radius 2 is 2.03 bits per heavy atom. The molecule has 0 aliphatic carbocycles. The van der Waals surface area contributed by atoms with Crippen molar-refractivity contribution in [2.75, 3.05) is 6.61 Å². The van der Waals surface area contributed by atoms with Crippen molar-refractivity contribution in [1.29, 1.82) is 0 Å². The first-order chi connectivity index (χ1) is 18.5. The Labute approximate surface area is 224 Å². The van der Waals surface area contributed by atoms with Crippen LogP contribution in [-0.4, -0.2) is 37.4 Å². The van der Waals surface area contributed by atoms with Crippen LogP contribution < -0.4 is 11.0 Å². The molecule has 0 unspecified atom stereocenters. The average molecular weight is 534 g/mol. The first-order valence-corrected chi connectivity index (χ1v) is 12.4. The molecule has 0 bridgehead atoms. The Morgan fingerprint density at radius 3 is 2.64 bits per heavy atom. The normalized spacial score (nSPS) is 12.8. The molecule has 0 spiro atoms. The summed E-state index contributed by atoms with van der Waals surface area (Å²) in [6.07, 6.45) is 5.27. The molecule has 204 valence electrons. The number of hydrogen-bond donors (Lipinski definition) is 0. The highest BCUT2D eigenvalue weighted by molar-refractivity contribution is 5.94. The van der Waals surface area contributed by atoms with E-state index in [9.17, 15) is 24.5 Å². The number of esters is 1. The van der Waals surface area contributed by atoms with Gasteiger partial charge in [0, 0.05) is 24.4 Å². The number of nitrogens with zero attached hydrogens (tertiary/aromatic N) is 5. The monoisotopic (exact) mass is 533 g/mol. The third kappa shape index (κ3) is 6.25. The molecule has 3 aromatic rings. The van der Waals surface area contributed by atoms with Crippen molar-refractivity contribution in [3.8, 4) is 0 Å². The topological polar surface area (TPSA) is 138 Å². The number of hydrogen-bond acceptors (Lipinski definition) is 7. The second-order valence-corrected chi connectivity index (χ2v) is 9.35. The number of amides is 1. The summed E-state index contributed by atoms with van der Waals surface area (Å²) < 4.78 is 8.20. The molecule has 0 saturated heterocycles. The van der Waals surface area contributed by atoms with Crippen LogP contribution in [0.4, 0.5) is 0 Å². The number of aryl methyl sites for hydroxylation is 1. The van der Waals surface area contributed by atoms with Crippen molar-refractivity contribution in [3.63, 3.8) is 0 Å². The van der Waals surface area contributed by atoms with Crippen LogP contribution in [0.1, 0.15) is 50.0 Å². The molecular weight excluding hydrogens is 502 g/mol. The molecule has 0 fully saturated rings. The quantitative estimate of drug-likeness (QED) is 0.134. The van der Waals surface area contributed by atoms with Gasteiger partial charge in [0.2, 0.25) is 0 Å². The number of carbonyl (C=O) groups excluding carboxylic acids is 2. The molecule has 0 aliphatic rings. The van der Waals surface area contributed by atoms with Crippen LogP contribution in [-0.2, 0) is 16.1 Å². The van der Waals surface area contributed by atoms with Gasteiger partial charge in [0.05, 0.1) is 23.3 Å². The van der Waals surface area contributed by atoms with E-state index in [0.717, 1.165) is 5.56 Å². The maximum atomic E-state index is 13.5. The van der Waals surface area contributed by atoms with E-state index in [1.165, 1.54) is 35.6 Å². The number of aromatic nitrogens is 3. The smallest absolute Gasteiger partial charge is 0.341 e. The Kier molecular flexibility index (Phi) is 9.08. The molecule has 11 nitrogen and oxygen atoms in total. The van der Waals surface area contributed by atoms with Gasteiger partial charge in [-0.1, -0.05) is 38.6 Å². The molecule has 0 aromatic carbocycles. The van der Waals surface area contributed by atoms with E-state index in [1.807, 2.05) is 26.8 Å². The zero-order chi connectivity index (χ0) is 28.9. The second-order valence-electron chi connectivity index (χ2n) is 9.35. The number of rotatable bonds is 9. The lowest BCUT2D eigenvalue weighted by Crippen LogP contribution is -2.34. The fourth-order valence-corrected chi connectivity index (χ4v) is 4.10. The van der Waals surface area contributed by atoms with Crippen molar-refractivity contribution in [3.05, 3.63) is 97.6 Å². The van der Waals surface area contributed by atoms with Crippen molar-refractivity contribution in [1.82, 2.24) is 14.0 Å². The highest BCUT2D eigenvalue weighted by Gasteiger charge is 2.21. The van der Waals surface area contributed by atoms with Gasteiger partial charge in [-0.15, -0.1) is 0 Å². The van der Waals surface area contributed by atoms with Crippen molar-refractivity contribution in [2.45, 2.75) is 47.6 Å². The zero-order valence-corrected chi connectivity index (χ0v) is 22.6. The summed E-state index contributed by atoms with van der Waals surface area (Å²) in [5, 5.41) is 11.7. The Balaban J connectivity index is 2.41. The SMILES string of the molecule is C=C/C=C\C(=C(\C)CC(=O)N=c1c(C(=O)OCC)cc2c(=O)n3cccc(C)c3nc2n1CC(C)C)[N+](=O)[O-]. The summed E-state index contributed by atoms with van der Waals surface area (Å²) in [4.78, 5) is 59.6. The summed E-state index contributed by atoms with van der Waals surface area (Å²) in [7, 11) is 0. The van der Waals surface area contributed by atoms with E-state index in [4.69, 9.17) is 9.72 Å². The van der Waals surface area contributed by atoms with Gasteiger partial charge in [-0.05, 0) is 44.4 Å². The molecule has 3 heterocycles. The Hall–Kier alpha value is -4.67. The average Bonchev–Trinajstić information content (AvgIpc) is 2.86. The van der Waals surface area contributed by atoms with E-state index >= 15 is 0 Å². The van der Waals surface area contributed by atoms with Crippen molar-refractivity contribution < 1.29 is 19.2 Å². The molecule has 3 rings (SSSR count). The highest BCUT2D eigenvalue weighted by atomic mass is 16.6. The molecule has 0 aliphatic heterocycles. The lowest BCUT2D eigenvalue weighted by Gasteiger charge is -2.17. The number of pyridine rings is 2. The van der Waals surface area contributed by atoms with Gasteiger partial charge in [-0.2, -0.15) is 4.99 Å². The van der Waals surface area contributed by atoms with Gasteiger partial charge in [-0.25, -0.2) is 9.78 Å². The minimum Gasteiger partial charge on any atom is -0.462 e. The molecule has 0 saturated carbocycles. The van der Waals surface area contributed by atoms with Crippen LogP contribution in [0.5, 0.6) is 0 Å². The first-order valence-electron chi connectivity index (χ1n) is 12.4. The van der Waals surface area contributed by atoms with Crippen LogP contribution in [0.25, 0.3) is 16.7 Å². The molecular formula is C28H31N5O6. The van der Waals surface area contributed by atoms with E-state index in [-0.39, 0.29) is 64.4 Å². The number of nitro groups is 1. The lowest BCUT2D eigenvalue weighted by molar-refractivity contribution is -0.420. The molecule has 3 aromatic heterocycles. The largest absolute Gasteiger partial charge is 0.462 e. The van der Waals surface area contributed by atoms with E-state index in [0.29, 0.717) is 5.65 Å². The Bertz CT molecular complexity index is 1670. The molecule has 1 amide bonds. The predicted molar refractivity (Wildman–Crippen MR) is 147 cm³/mol. The van der Waals surface area contributed by atoms with Gasteiger partial charge in [0.25, 0.3) is 17.2 Å². The van der Waals surface area contributed by atoms with Crippen LogP contribution in [0.3, 0.4) is 0 Å². The minimum atomic E-state index is -0.760. The van der Waals surface area contributed by atoms with Gasteiger partial charge in [0.1, 0.15) is 16.9 Å². The third-order valence-electron chi connectivity index (χ3n) is 5.82. The number of ether oxygens (including phenoxy) is 1. The molecule has 39 heavy (non-hydrogen) atoms. The van der Waals surface area contributed by atoms with Gasteiger partial charge >= 0.3 is 5.97 Å².